The van der Waals surface area contributed by atoms with Crippen molar-refractivity contribution < 1.29 is 9.53 Å². The van der Waals surface area contributed by atoms with Crippen LogP contribution in [0.5, 0.6) is 0 Å². The fourth-order valence-electron chi connectivity index (χ4n) is 1.72. The van der Waals surface area contributed by atoms with Crippen molar-refractivity contribution in [2.75, 3.05) is 13.7 Å². The first-order chi connectivity index (χ1) is 8.24. The molecule has 90 valence electrons. The van der Waals surface area contributed by atoms with Crippen molar-refractivity contribution in [1.29, 1.82) is 0 Å². The summed E-state index contributed by atoms with van der Waals surface area (Å²) in [4.78, 5) is 16.2. The van der Waals surface area contributed by atoms with Gasteiger partial charge in [-0.3, -0.25) is 9.78 Å². The van der Waals surface area contributed by atoms with Gasteiger partial charge < -0.3 is 4.74 Å². The molecule has 2 aromatic rings. The summed E-state index contributed by atoms with van der Waals surface area (Å²) < 4.78 is 6.64. The molecule has 0 saturated heterocycles. The van der Waals surface area contributed by atoms with Gasteiger partial charge in [0.2, 0.25) is 0 Å². The van der Waals surface area contributed by atoms with E-state index in [1.165, 1.54) is 0 Å². The number of carbonyl (C=O) groups excluding carboxylic acids is 1. The third-order valence-corrected chi connectivity index (χ3v) is 2.79. The number of Topliss-reactive ketones (excluding diaryl/α,β-unsaturated/α-hetero) is 1. The maximum absolute atomic E-state index is 12.2. The van der Waals surface area contributed by atoms with Crippen molar-refractivity contribution in [2.45, 2.75) is 13.3 Å². The highest BCUT2D eigenvalue weighted by molar-refractivity contribution is 6.03. The lowest BCUT2D eigenvalue weighted by Gasteiger charge is -2.08. The van der Waals surface area contributed by atoms with Gasteiger partial charge in [0, 0.05) is 32.0 Å². The highest BCUT2D eigenvalue weighted by Crippen LogP contribution is 2.16. The van der Waals surface area contributed by atoms with Gasteiger partial charge in [-0.2, -0.15) is 5.10 Å². The number of hydrogen-bond donors (Lipinski definition) is 0. The lowest BCUT2D eigenvalue weighted by atomic mass is 9.98. The van der Waals surface area contributed by atoms with Crippen LogP contribution in [0.3, 0.4) is 0 Å². The molecule has 0 aromatic carbocycles. The summed E-state index contributed by atoms with van der Waals surface area (Å²) in [6.07, 6.45) is 7.34. The molecule has 2 heterocycles. The topological polar surface area (TPSA) is 56.5 Å². The summed E-state index contributed by atoms with van der Waals surface area (Å²) in [6, 6.07) is 0. The largest absolute Gasteiger partial charge is 0.385 e. The number of aromatic nitrogens is 3. The molecule has 17 heavy (non-hydrogen) atoms. The minimum absolute atomic E-state index is 0.0665. The smallest absolute Gasteiger partial charge is 0.169 e. The molecule has 2 aromatic heterocycles. The second-order valence-electron chi connectivity index (χ2n) is 4.01. The number of nitrogens with zero attached hydrogens (tertiary/aromatic N) is 3. The van der Waals surface area contributed by atoms with Crippen LogP contribution in [-0.4, -0.2) is 34.1 Å². The molecule has 0 spiro atoms. The van der Waals surface area contributed by atoms with Crippen molar-refractivity contribution in [2.24, 2.45) is 5.92 Å². The first-order valence-corrected chi connectivity index (χ1v) is 5.54. The zero-order chi connectivity index (χ0) is 12.3. The third-order valence-electron chi connectivity index (χ3n) is 2.79. The second kappa shape index (κ2) is 5.05. The van der Waals surface area contributed by atoms with E-state index in [0.29, 0.717) is 18.6 Å². The minimum atomic E-state index is -0.0665. The van der Waals surface area contributed by atoms with Gasteiger partial charge >= 0.3 is 0 Å². The van der Waals surface area contributed by atoms with Gasteiger partial charge in [-0.25, -0.2) is 4.52 Å². The van der Waals surface area contributed by atoms with Gasteiger partial charge in [0.05, 0.1) is 23.5 Å². The van der Waals surface area contributed by atoms with Gasteiger partial charge in [0.15, 0.2) is 5.78 Å². The molecule has 5 nitrogen and oxygen atoms in total. The molecule has 0 radical (unpaired) electrons. The second-order valence-corrected chi connectivity index (χ2v) is 4.01. The van der Waals surface area contributed by atoms with Crippen LogP contribution in [0.2, 0.25) is 0 Å². The van der Waals surface area contributed by atoms with E-state index in [1.807, 2.05) is 6.92 Å². The predicted molar refractivity (Wildman–Crippen MR) is 63.0 cm³/mol. The molecule has 0 aliphatic carbocycles. The number of carbonyl (C=O) groups is 1. The Bertz CT molecular complexity index is 521. The summed E-state index contributed by atoms with van der Waals surface area (Å²) in [6.45, 7) is 2.49. The maximum atomic E-state index is 12.2. The van der Waals surface area contributed by atoms with Gasteiger partial charge in [-0.05, 0) is 6.42 Å². The van der Waals surface area contributed by atoms with Gasteiger partial charge in [0.25, 0.3) is 0 Å². The molecule has 0 fully saturated rings. The van der Waals surface area contributed by atoms with Crippen LogP contribution in [0, 0.1) is 5.92 Å². The van der Waals surface area contributed by atoms with Crippen LogP contribution in [0.1, 0.15) is 23.7 Å². The molecule has 0 saturated carbocycles. The lowest BCUT2D eigenvalue weighted by molar-refractivity contribution is 0.0895. The number of hydrogen-bond acceptors (Lipinski definition) is 4. The first-order valence-electron chi connectivity index (χ1n) is 5.54. The van der Waals surface area contributed by atoms with E-state index in [9.17, 15) is 4.79 Å². The number of methoxy groups -OCH3 is 1. The zero-order valence-electron chi connectivity index (χ0n) is 9.96. The van der Waals surface area contributed by atoms with Gasteiger partial charge in [-0.15, -0.1) is 0 Å². The zero-order valence-corrected chi connectivity index (χ0v) is 9.96. The van der Waals surface area contributed by atoms with Crippen LogP contribution in [0.15, 0.2) is 24.8 Å². The Labute approximate surface area is 99.4 Å². The monoisotopic (exact) mass is 233 g/mol. The molecule has 0 bridgehead atoms. The molecule has 5 heteroatoms. The molecule has 2 rings (SSSR count). The number of fused-ring (bicyclic) bond motifs is 1. The van der Waals surface area contributed by atoms with E-state index >= 15 is 0 Å². The van der Waals surface area contributed by atoms with E-state index < -0.39 is 0 Å². The highest BCUT2D eigenvalue weighted by atomic mass is 16.5. The quantitative estimate of drug-likeness (QED) is 0.736. The first kappa shape index (κ1) is 11.7. The Balaban J connectivity index is 2.24. The Morgan fingerprint density at radius 1 is 1.53 bits per heavy atom. The molecular weight excluding hydrogens is 218 g/mol. The van der Waals surface area contributed by atoms with Crippen molar-refractivity contribution in [3.8, 4) is 0 Å². The van der Waals surface area contributed by atoms with Crippen LogP contribution < -0.4 is 0 Å². The molecule has 0 aliphatic heterocycles. The van der Waals surface area contributed by atoms with Gasteiger partial charge in [-0.1, -0.05) is 6.92 Å². The average Bonchev–Trinajstić information content (AvgIpc) is 2.78. The summed E-state index contributed by atoms with van der Waals surface area (Å²) >= 11 is 0. The fraction of sp³-hybridized carbons (Fsp3) is 0.417. The van der Waals surface area contributed by atoms with E-state index in [0.717, 1.165) is 5.52 Å². The number of ether oxygens (including phenoxy) is 1. The van der Waals surface area contributed by atoms with Crippen molar-refractivity contribution in [1.82, 2.24) is 14.6 Å². The Kier molecular flexibility index (Phi) is 3.49. The molecule has 0 aliphatic rings. The van der Waals surface area contributed by atoms with Crippen molar-refractivity contribution in [3.63, 3.8) is 0 Å². The summed E-state index contributed by atoms with van der Waals surface area (Å²) in [5.41, 5.74) is 1.38. The molecule has 0 amide bonds. The van der Waals surface area contributed by atoms with Crippen molar-refractivity contribution in [3.05, 3.63) is 30.4 Å². The predicted octanol–water partition coefficient (Wildman–Crippen LogP) is 1.58. The summed E-state index contributed by atoms with van der Waals surface area (Å²) in [5, 5.41) is 4.13. The third kappa shape index (κ3) is 2.34. The Morgan fingerprint density at radius 2 is 2.35 bits per heavy atom. The summed E-state index contributed by atoms with van der Waals surface area (Å²) in [7, 11) is 1.64. The Hall–Kier alpha value is -1.75. The minimum Gasteiger partial charge on any atom is -0.385 e. The normalized spacial score (nSPS) is 12.8. The fourth-order valence-corrected chi connectivity index (χ4v) is 1.72. The molecule has 0 N–H and O–H groups in total. The number of rotatable bonds is 5. The SMILES string of the molecule is COCCC(C)C(=O)c1cnn2ccncc12. The van der Waals surface area contributed by atoms with Crippen LogP contribution >= 0.6 is 0 Å². The average molecular weight is 233 g/mol. The maximum Gasteiger partial charge on any atom is 0.169 e. The van der Waals surface area contributed by atoms with Crippen LogP contribution in [-0.2, 0) is 4.74 Å². The Morgan fingerprint density at radius 3 is 3.12 bits per heavy atom. The van der Waals surface area contributed by atoms with E-state index in [1.54, 1.807) is 36.4 Å². The van der Waals surface area contributed by atoms with E-state index in [4.69, 9.17) is 4.74 Å². The highest BCUT2D eigenvalue weighted by Gasteiger charge is 2.18. The number of ketones is 1. The molecular formula is C12H15N3O2. The van der Waals surface area contributed by atoms with Crippen molar-refractivity contribution >= 4 is 11.3 Å². The molecule has 1 atom stereocenters. The van der Waals surface area contributed by atoms with E-state index in [-0.39, 0.29) is 11.7 Å². The lowest BCUT2D eigenvalue weighted by Crippen LogP contribution is -2.13. The summed E-state index contributed by atoms with van der Waals surface area (Å²) in [5.74, 6) is 0.0215. The van der Waals surface area contributed by atoms with Crippen LogP contribution in [0.25, 0.3) is 5.52 Å². The van der Waals surface area contributed by atoms with E-state index in [2.05, 4.69) is 10.1 Å². The standard InChI is InChI=1S/C12H15N3O2/c1-9(3-6-17-2)12(16)10-7-14-15-5-4-13-8-11(10)15/h4-5,7-9H,3,6H2,1-2H3. The van der Waals surface area contributed by atoms with Gasteiger partial charge in [0.1, 0.15) is 0 Å². The van der Waals surface area contributed by atoms with Crippen LogP contribution in [0.4, 0.5) is 0 Å². The molecule has 1 unspecified atom stereocenters.